The van der Waals surface area contributed by atoms with E-state index in [9.17, 15) is 14.9 Å². The van der Waals surface area contributed by atoms with Crippen molar-refractivity contribution in [2.24, 2.45) is 0 Å². The third kappa shape index (κ3) is 5.72. The molecule has 5 rings (SSSR count). The Balaban J connectivity index is 1.47. The van der Waals surface area contributed by atoms with Gasteiger partial charge in [-0.25, -0.2) is 4.52 Å². The van der Waals surface area contributed by atoms with E-state index in [1.807, 2.05) is 57.6 Å². The lowest BCUT2D eigenvalue weighted by atomic mass is 9.79. The number of aromatic nitrogens is 4. The highest BCUT2D eigenvalue weighted by molar-refractivity contribution is 5.70. The van der Waals surface area contributed by atoms with Gasteiger partial charge in [0.2, 0.25) is 5.78 Å². The van der Waals surface area contributed by atoms with E-state index in [4.69, 9.17) is 9.47 Å². The van der Waals surface area contributed by atoms with Crippen LogP contribution in [-0.4, -0.2) is 45.0 Å². The Morgan fingerprint density at radius 2 is 1.86 bits per heavy atom. The van der Waals surface area contributed by atoms with Crippen LogP contribution in [-0.2, 0) is 27.1 Å². The van der Waals surface area contributed by atoms with E-state index in [1.165, 1.54) is 13.4 Å². The van der Waals surface area contributed by atoms with Crippen LogP contribution in [0.25, 0.3) is 16.9 Å². The smallest absolute Gasteiger partial charge is 0.305 e. The number of hydrogen-bond acceptors (Lipinski definition) is 7. The van der Waals surface area contributed by atoms with Gasteiger partial charge < -0.3 is 9.47 Å². The molecule has 0 radical (unpaired) electrons. The van der Waals surface area contributed by atoms with E-state index < -0.39 is 5.60 Å². The van der Waals surface area contributed by atoms with Gasteiger partial charge in [-0.15, -0.1) is 0 Å². The largest absolute Gasteiger partial charge is 0.469 e. The molecule has 9 heteroatoms. The Labute approximate surface area is 245 Å². The van der Waals surface area contributed by atoms with E-state index in [-0.39, 0.29) is 17.6 Å². The van der Waals surface area contributed by atoms with Crippen molar-refractivity contribution in [2.75, 3.05) is 14.2 Å². The molecule has 1 aliphatic rings. The van der Waals surface area contributed by atoms with Crippen molar-refractivity contribution < 1.29 is 14.3 Å². The first-order chi connectivity index (χ1) is 20.4. The third-order valence-corrected chi connectivity index (χ3v) is 8.68. The molecule has 0 amide bonds. The Hall–Kier alpha value is -4.29. The predicted molar refractivity (Wildman–Crippen MR) is 159 cm³/mol. The fourth-order valence-electron chi connectivity index (χ4n) is 6.29. The lowest BCUT2D eigenvalue weighted by molar-refractivity contribution is -0.143. The highest BCUT2D eigenvalue weighted by Gasteiger charge is 2.37. The molecule has 1 fully saturated rings. The minimum Gasteiger partial charge on any atom is -0.469 e. The van der Waals surface area contributed by atoms with E-state index in [1.54, 1.807) is 7.11 Å². The molecule has 0 aliphatic heterocycles. The molecule has 0 saturated heterocycles. The Morgan fingerprint density at radius 3 is 2.52 bits per heavy atom. The molecule has 0 spiro atoms. The second-order valence-corrected chi connectivity index (χ2v) is 11.0. The molecule has 9 nitrogen and oxygen atoms in total. The summed E-state index contributed by atoms with van der Waals surface area (Å²) >= 11 is 0. The van der Waals surface area contributed by atoms with Crippen molar-refractivity contribution in [1.82, 2.24) is 19.2 Å². The molecular formula is C33H37N5O4. The summed E-state index contributed by atoms with van der Waals surface area (Å²) in [4.78, 5) is 30.6. The first-order valence-corrected chi connectivity index (χ1v) is 14.6. The number of ether oxygens (including phenoxy) is 2. The number of nitrogens with zero attached hydrogens (tertiary/aromatic N) is 5. The van der Waals surface area contributed by atoms with Crippen LogP contribution in [0.5, 0.6) is 0 Å². The number of carbonyl (C=O) groups is 1. The van der Waals surface area contributed by atoms with Gasteiger partial charge in [-0.2, -0.15) is 15.3 Å². The van der Waals surface area contributed by atoms with Gasteiger partial charge in [0.1, 0.15) is 6.33 Å². The second-order valence-electron chi connectivity index (χ2n) is 11.0. The summed E-state index contributed by atoms with van der Waals surface area (Å²) in [7, 11) is 3.10. The molecule has 1 saturated carbocycles. The molecule has 0 atom stereocenters. The van der Waals surface area contributed by atoms with Crippen LogP contribution in [0.3, 0.4) is 0 Å². The summed E-state index contributed by atoms with van der Waals surface area (Å²) in [5.74, 6) is 0.327. The van der Waals surface area contributed by atoms with Gasteiger partial charge in [-0.1, -0.05) is 55.8 Å². The zero-order chi connectivity index (χ0) is 29.7. The summed E-state index contributed by atoms with van der Waals surface area (Å²) in [6.45, 7) is 2.10. The van der Waals surface area contributed by atoms with Crippen molar-refractivity contribution in [3.05, 3.63) is 87.6 Å². The lowest BCUT2D eigenvalue weighted by Crippen LogP contribution is -2.40. The number of methoxy groups -OCH3 is 2. The van der Waals surface area contributed by atoms with Gasteiger partial charge >= 0.3 is 5.97 Å². The zero-order valence-corrected chi connectivity index (χ0v) is 24.5. The summed E-state index contributed by atoms with van der Waals surface area (Å²) in [5.41, 5.74) is 4.69. The molecular weight excluding hydrogens is 530 g/mol. The molecule has 42 heavy (non-hydrogen) atoms. The predicted octanol–water partition coefficient (Wildman–Crippen LogP) is 5.43. The molecule has 2 aromatic carbocycles. The van der Waals surface area contributed by atoms with Gasteiger partial charge in [0.05, 0.1) is 30.0 Å². The average Bonchev–Trinajstić information content (AvgIpc) is 3.52. The Bertz CT molecular complexity index is 1660. The van der Waals surface area contributed by atoms with Crippen LogP contribution in [0.4, 0.5) is 0 Å². The van der Waals surface area contributed by atoms with Crippen LogP contribution in [0.2, 0.25) is 0 Å². The highest BCUT2D eigenvalue weighted by atomic mass is 16.5. The third-order valence-electron chi connectivity index (χ3n) is 8.68. The van der Waals surface area contributed by atoms with Gasteiger partial charge in [0.15, 0.2) is 0 Å². The number of hydrogen-bond donors (Lipinski definition) is 0. The van der Waals surface area contributed by atoms with E-state index in [0.29, 0.717) is 37.0 Å². The van der Waals surface area contributed by atoms with E-state index in [0.717, 1.165) is 60.1 Å². The quantitative estimate of drug-likeness (QED) is 0.235. The minimum atomic E-state index is -0.408. The fraction of sp³-hybridized carbons (Fsp3) is 0.424. The normalized spacial score (nSPS) is 18.6. The van der Waals surface area contributed by atoms with Crippen molar-refractivity contribution in [3.8, 4) is 17.2 Å². The molecule has 1 aliphatic carbocycles. The summed E-state index contributed by atoms with van der Waals surface area (Å²) in [5, 5.41) is 14.1. The number of esters is 1. The topological polar surface area (TPSA) is 112 Å². The number of nitriles is 1. The molecule has 0 unspecified atom stereocenters. The standard InChI is InChI=1S/C33H37N5O4/c1-4-7-29-28(20-23-10-12-24(13-11-23)27-9-6-5-8-25(27)21-34)31(40)37(32-35-22-36-38(29)32)26-14-17-33(42-3,18-15-26)19-16-30(39)41-2/h5-6,8-13,22,26H,4,7,14-20H2,1-3H3/t26-,33+. The monoisotopic (exact) mass is 567 g/mol. The SMILES string of the molecule is CCCc1c(Cc2ccc(-c3ccccc3C#N)cc2)c(=O)n([C@H]2CC[C@@](CCC(=O)OC)(OC)CC2)c2ncnn12. The molecule has 0 N–H and O–H groups in total. The van der Waals surface area contributed by atoms with Crippen molar-refractivity contribution in [3.63, 3.8) is 0 Å². The van der Waals surface area contributed by atoms with E-state index in [2.05, 4.69) is 23.1 Å². The average molecular weight is 568 g/mol. The first-order valence-electron chi connectivity index (χ1n) is 14.6. The fourth-order valence-corrected chi connectivity index (χ4v) is 6.29. The molecule has 2 aromatic heterocycles. The summed E-state index contributed by atoms with van der Waals surface area (Å²) in [6.07, 6.45) is 7.40. The maximum absolute atomic E-state index is 14.3. The van der Waals surface area contributed by atoms with Gasteiger partial charge in [0, 0.05) is 31.6 Å². The van der Waals surface area contributed by atoms with Crippen LogP contribution in [0.15, 0.2) is 59.7 Å². The number of rotatable bonds is 10. The summed E-state index contributed by atoms with van der Waals surface area (Å²) in [6, 6.07) is 17.9. The number of benzene rings is 2. The number of aryl methyl sites for hydroxylation is 1. The highest BCUT2D eigenvalue weighted by Crippen LogP contribution is 2.40. The van der Waals surface area contributed by atoms with Gasteiger partial charge in [-0.05, 0) is 61.3 Å². The second kappa shape index (κ2) is 12.7. The van der Waals surface area contributed by atoms with Crippen molar-refractivity contribution >= 4 is 11.7 Å². The lowest BCUT2D eigenvalue weighted by Gasteiger charge is -2.39. The van der Waals surface area contributed by atoms with Crippen LogP contribution >= 0.6 is 0 Å². The van der Waals surface area contributed by atoms with Gasteiger partial charge in [-0.3, -0.25) is 14.2 Å². The first kappa shape index (κ1) is 29.2. The minimum absolute atomic E-state index is 0.0256. The maximum Gasteiger partial charge on any atom is 0.305 e. The number of carbonyl (C=O) groups excluding carboxylic acids is 1. The van der Waals surface area contributed by atoms with Crippen LogP contribution < -0.4 is 5.56 Å². The zero-order valence-electron chi connectivity index (χ0n) is 24.5. The van der Waals surface area contributed by atoms with Gasteiger partial charge in [0.25, 0.3) is 5.56 Å². The van der Waals surface area contributed by atoms with Crippen molar-refractivity contribution in [1.29, 1.82) is 5.26 Å². The molecule has 2 heterocycles. The molecule has 0 bridgehead atoms. The maximum atomic E-state index is 14.3. The molecule has 218 valence electrons. The summed E-state index contributed by atoms with van der Waals surface area (Å²) < 4.78 is 14.4. The van der Waals surface area contributed by atoms with Crippen LogP contribution in [0, 0.1) is 11.3 Å². The van der Waals surface area contributed by atoms with Crippen molar-refractivity contribution in [2.45, 2.75) is 76.4 Å². The Morgan fingerprint density at radius 1 is 1.12 bits per heavy atom. The van der Waals surface area contributed by atoms with E-state index >= 15 is 0 Å². The molecule has 4 aromatic rings. The number of fused-ring (bicyclic) bond motifs is 1. The Kier molecular flexibility index (Phi) is 8.83. The van der Waals surface area contributed by atoms with Crippen LogP contribution in [0.1, 0.15) is 80.3 Å².